The first-order chi connectivity index (χ1) is 10.7. The molecule has 6 heteroatoms. The van der Waals surface area contributed by atoms with Crippen molar-refractivity contribution in [2.24, 2.45) is 0 Å². The molecule has 0 unspecified atom stereocenters. The van der Waals surface area contributed by atoms with Crippen LogP contribution >= 0.6 is 11.8 Å². The Bertz CT molecular complexity index is 492. The van der Waals surface area contributed by atoms with Crippen LogP contribution in [0.4, 0.5) is 0 Å². The van der Waals surface area contributed by atoms with Crippen molar-refractivity contribution in [1.82, 2.24) is 20.1 Å². The van der Waals surface area contributed by atoms with Gasteiger partial charge in [0.2, 0.25) is 11.1 Å². The van der Waals surface area contributed by atoms with Crippen LogP contribution in [0.2, 0.25) is 0 Å². The zero-order valence-corrected chi connectivity index (χ0v) is 14.2. The average molecular weight is 322 g/mol. The molecule has 1 amide bonds. The topological polar surface area (TPSA) is 61.9 Å². The molecule has 0 radical (unpaired) electrons. The number of H-pyrrole nitrogens is 1. The van der Waals surface area contributed by atoms with E-state index in [4.69, 9.17) is 0 Å². The summed E-state index contributed by atoms with van der Waals surface area (Å²) in [5.41, 5.74) is 0. The molecule has 0 bridgehead atoms. The first-order valence-corrected chi connectivity index (χ1v) is 9.53. The van der Waals surface area contributed by atoms with Crippen molar-refractivity contribution >= 4 is 17.7 Å². The Labute approximate surface area is 136 Å². The first-order valence-electron chi connectivity index (χ1n) is 8.55. The van der Waals surface area contributed by atoms with E-state index < -0.39 is 0 Å². The van der Waals surface area contributed by atoms with E-state index in [1.165, 1.54) is 56.7 Å². The predicted molar refractivity (Wildman–Crippen MR) is 88.0 cm³/mol. The third-order valence-electron chi connectivity index (χ3n) is 5.06. The fourth-order valence-corrected chi connectivity index (χ4v) is 4.33. The smallest absolute Gasteiger partial charge is 0.233 e. The van der Waals surface area contributed by atoms with Crippen molar-refractivity contribution in [2.75, 3.05) is 12.8 Å². The van der Waals surface area contributed by atoms with Gasteiger partial charge in [0.15, 0.2) is 0 Å². The van der Waals surface area contributed by atoms with Gasteiger partial charge < -0.3 is 4.90 Å². The van der Waals surface area contributed by atoms with E-state index in [9.17, 15) is 4.79 Å². The molecule has 5 nitrogen and oxygen atoms in total. The number of carbonyl (C=O) groups is 1. The quantitative estimate of drug-likeness (QED) is 0.845. The highest BCUT2D eigenvalue weighted by Crippen LogP contribution is 2.32. The number of aromatic amines is 1. The zero-order chi connectivity index (χ0) is 15.4. The van der Waals surface area contributed by atoms with Gasteiger partial charge in [-0.05, 0) is 25.7 Å². The van der Waals surface area contributed by atoms with Crippen LogP contribution in [0.25, 0.3) is 0 Å². The molecule has 2 aliphatic carbocycles. The minimum Gasteiger partial charge on any atom is -0.342 e. The highest BCUT2D eigenvalue weighted by Gasteiger charge is 2.23. The van der Waals surface area contributed by atoms with Crippen LogP contribution < -0.4 is 0 Å². The zero-order valence-electron chi connectivity index (χ0n) is 13.4. The second-order valence-corrected chi connectivity index (χ2v) is 7.51. The third kappa shape index (κ3) is 3.83. The number of aromatic nitrogens is 3. The SMILES string of the molecule is CN(C(=O)CSc1n[nH]c(C2CCCC2)n1)C1CCCCC1. The molecule has 0 aliphatic heterocycles. The first kappa shape index (κ1) is 15.8. The lowest BCUT2D eigenvalue weighted by Crippen LogP contribution is -2.39. The van der Waals surface area contributed by atoms with Gasteiger partial charge in [-0.15, -0.1) is 5.10 Å². The average Bonchev–Trinajstić information content (AvgIpc) is 3.23. The summed E-state index contributed by atoms with van der Waals surface area (Å²) in [6.45, 7) is 0. The number of rotatable bonds is 5. The van der Waals surface area contributed by atoms with Gasteiger partial charge in [0, 0.05) is 19.0 Å². The van der Waals surface area contributed by atoms with Crippen molar-refractivity contribution < 1.29 is 4.79 Å². The van der Waals surface area contributed by atoms with Crippen LogP contribution in [0.5, 0.6) is 0 Å². The maximum absolute atomic E-state index is 12.3. The number of hydrogen-bond donors (Lipinski definition) is 1. The van der Waals surface area contributed by atoms with Crippen LogP contribution in [-0.4, -0.2) is 44.8 Å². The van der Waals surface area contributed by atoms with Crippen molar-refractivity contribution in [3.05, 3.63) is 5.82 Å². The second kappa shape index (κ2) is 7.49. The van der Waals surface area contributed by atoms with E-state index >= 15 is 0 Å². The van der Waals surface area contributed by atoms with E-state index in [1.807, 2.05) is 11.9 Å². The second-order valence-electron chi connectivity index (χ2n) is 6.57. The standard InChI is InChI=1S/C16H26N4OS/c1-20(13-9-3-2-4-10-13)14(21)11-22-16-17-15(18-19-16)12-7-5-6-8-12/h12-13H,2-11H2,1H3,(H,17,18,19). The molecule has 122 valence electrons. The number of nitrogens with zero attached hydrogens (tertiary/aromatic N) is 3. The molecule has 3 rings (SSSR count). The third-order valence-corrected chi connectivity index (χ3v) is 5.90. The molecule has 2 saturated carbocycles. The van der Waals surface area contributed by atoms with Gasteiger partial charge in [-0.25, -0.2) is 4.98 Å². The van der Waals surface area contributed by atoms with Crippen LogP contribution in [0.1, 0.15) is 69.5 Å². The summed E-state index contributed by atoms with van der Waals surface area (Å²) in [6, 6.07) is 0.433. The summed E-state index contributed by atoms with van der Waals surface area (Å²) >= 11 is 1.46. The molecule has 2 fully saturated rings. The molecule has 1 N–H and O–H groups in total. The van der Waals surface area contributed by atoms with Crippen LogP contribution in [0, 0.1) is 0 Å². The van der Waals surface area contributed by atoms with Gasteiger partial charge in [0.1, 0.15) is 5.82 Å². The molecule has 0 atom stereocenters. The Hall–Kier alpha value is -1.04. The van der Waals surface area contributed by atoms with Crippen molar-refractivity contribution in [3.8, 4) is 0 Å². The van der Waals surface area contributed by atoms with E-state index in [1.54, 1.807) is 0 Å². The van der Waals surface area contributed by atoms with Gasteiger partial charge in [-0.1, -0.05) is 43.9 Å². The minimum absolute atomic E-state index is 0.198. The van der Waals surface area contributed by atoms with Gasteiger partial charge >= 0.3 is 0 Å². The normalized spacial score (nSPS) is 20.4. The van der Waals surface area contributed by atoms with Crippen molar-refractivity contribution in [1.29, 1.82) is 0 Å². The highest BCUT2D eigenvalue weighted by atomic mass is 32.2. The molecular weight excluding hydrogens is 296 g/mol. The summed E-state index contributed by atoms with van der Waals surface area (Å²) in [5.74, 6) is 2.19. The summed E-state index contributed by atoms with van der Waals surface area (Å²) in [7, 11) is 1.95. The van der Waals surface area contributed by atoms with Gasteiger partial charge in [0.25, 0.3) is 0 Å². The predicted octanol–water partition coefficient (Wildman–Crippen LogP) is 3.35. The molecule has 22 heavy (non-hydrogen) atoms. The maximum Gasteiger partial charge on any atom is 0.233 e. The molecular formula is C16H26N4OS. The summed E-state index contributed by atoms with van der Waals surface area (Å²) in [6.07, 6.45) is 11.1. The number of nitrogens with one attached hydrogen (secondary N) is 1. The highest BCUT2D eigenvalue weighted by molar-refractivity contribution is 7.99. The lowest BCUT2D eigenvalue weighted by molar-refractivity contribution is -0.129. The molecule has 1 aromatic rings. The largest absolute Gasteiger partial charge is 0.342 e. The monoisotopic (exact) mass is 322 g/mol. The summed E-state index contributed by atoms with van der Waals surface area (Å²) in [5, 5.41) is 8.03. The van der Waals surface area contributed by atoms with E-state index in [0.29, 0.717) is 22.9 Å². The Balaban J connectivity index is 1.48. The van der Waals surface area contributed by atoms with Gasteiger partial charge in [0.05, 0.1) is 5.75 Å². The van der Waals surface area contributed by atoms with Crippen molar-refractivity contribution in [3.63, 3.8) is 0 Å². The van der Waals surface area contributed by atoms with Crippen molar-refractivity contribution in [2.45, 2.75) is 74.9 Å². The van der Waals surface area contributed by atoms with Crippen LogP contribution in [0.3, 0.4) is 0 Å². The maximum atomic E-state index is 12.3. The fourth-order valence-electron chi connectivity index (χ4n) is 3.60. The van der Waals surface area contributed by atoms with E-state index in [-0.39, 0.29) is 5.91 Å². The van der Waals surface area contributed by atoms with E-state index in [2.05, 4.69) is 15.2 Å². The minimum atomic E-state index is 0.198. The molecule has 2 aliphatic rings. The molecule has 1 heterocycles. The fraction of sp³-hybridized carbons (Fsp3) is 0.812. The Kier molecular flexibility index (Phi) is 5.39. The van der Waals surface area contributed by atoms with E-state index in [0.717, 1.165) is 18.7 Å². The molecule has 0 spiro atoms. The number of amides is 1. The van der Waals surface area contributed by atoms with Crippen LogP contribution in [-0.2, 0) is 4.79 Å². The lowest BCUT2D eigenvalue weighted by atomic mass is 9.94. The van der Waals surface area contributed by atoms with Crippen LogP contribution in [0.15, 0.2) is 5.16 Å². The Morgan fingerprint density at radius 2 is 1.86 bits per heavy atom. The molecule has 1 aromatic heterocycles. The molecule has 0 aromatic carbocycles. The Morgan fingerprint density at radius 1 is 1.18 bits per heavy atom. The number of hydrogen-bond acceptors (Lipinski definition) is 4. The summed E-state index contributed by atoms with van der Waals surface area (Å²) in [4.78, 5) is 18.8. The van der Waals surface area contributed by atoms with Gasteiger partial charge in [-0.2, -0.15) is 0 Å². The number of carbonyl (C=O) groups excluding carboxylic acids is 1. The number of thioether (sulfide) groups is 1. The van der Waals surface area contributed by atoms with Gasteiger partial charge in [-0.3, -0.25) is 9.89 Å². The summed E-state index contributed by atoms with van der Waals surface area (Å²) < 4.78 is 0. The lowest BCUT2D eigenvalue weighted by Gasteiger charge is -2.31. The Morgan fingerprint density at radius 3 is 2.59 bits per heavy atom. The molecule has 0 saturated heterocycles.